The predicted molar refractivity (Wildman–Crippen MR) is 49.7 cm³/mol. The van der Waals surface area contributed by atoms with Crippen LogP contribution in [0, 0.1) is 0 Å². The van der Waals surface area contributed by atoms with Gasteiger partial charge in [0, 0.05) is 5.57 Å². The Labute approximate surface area is 73.7 Å². The van der Waals surface area contributed by atoms with Crippen molar-refractivity contribution in [1.29, 1.82) is 0 Å². The molecule has 1 rings (SSSR count). The van der Waals surface area contributed by atoms with Gasteiger partial charge in [-0.3, -0.25) is 0 Å². The fraction of sp³-hybridized carbons (Fsp3) is 0.455. The molecule has 0 unspecified atom stereocenters. The standard InChI is InChI=1S/C11H14O/c1-5-9-7-8-11(3,4)12-10(9)6-2/h1-2,7-8H2,3-4H3. The van der Waals surface area contributed by atoms with Crippen LogP contribution in [0.25, 0.3) is 0 Å². The molecule has 0 amide bonds. The maximum Gasteiger partial charge on any atom is 0.173 e. The molecule has 0 N–H and O–H groups in total. The maximum absolute atomic E-state index is 5.63. The van der Waals surface area contributed by atoms with Crippen molar-refractivity contribution in [3.63, 3.8) is 0 Å². The first kappa shape index (κ1) is 8.93. The molecular formula is C11H14O. The molecule has 0 aromatic rings. The van der Waals surface area contributed by atoms with Crippen LogP contribution < -0.4 is 0 Å². The summed E-state index contributed by atoms with van der Waals surface area (Å²) < 4.78 is 5.63. The minimum atomic E-state index is -0.0969. The van der Waals surface area contributed by atoms with E-state index in [1.807, 2.05) is 0 Å². The molecule has 1 aliphatic heterocycles. The molecule has 0 bridgehead atoms. The van der Waals surface area contributed by atoms with Crippen LogP contribution in [-0.4, -0.2) is 5.60 Å². The molecule has 12 heavy (non-hydrogen) atoms. The molecule has 1 heterocycles. The Morgan fingerprint density at radius 3 is 2.50 bits per heavy atom. The van der Waals surface area contributed by atoms with Crippen molar-refractivity contribution in [2.45, 2.75) is 32.3 Å². The molecule has 0 aromatic heterocycles. The van der Waals surface area contributed by atoms with E-state index in [9.17, 15) is 0 Å². The summed E-state index contributed by atoms with van der Waals surface area (Å²) in [4.78, 5) is 0. The van der Waals surface area contributed by atoms with E-state index in [4.69, 9.17) is 4.74 Å². The molecule has 0 aromatic carbocycles. The molecule has 0 saturated carbocycles. The molecule has 1 nitrogen and oxygen atoms in total. The van der Waals surface area contributed by atoms with Gasteiger partial charge in [0.1, 0.15) is 5.60 Å². The Morgan fingerprint density at radius 1 is 1.33 bits per heavy atom. The van der Waals surface area contributed by atoms with Gasteiger partial charge in [0.2, 0.25) is 0 Å². The number of hydrogen-bond acceptors (Lipinski definition) is 1. The topological polar surface area (TPSA) is 9.23 Å². The second kappa shape index (κ2) is 3.06. The van der Waals surface area contributed by atoms with Crippen molar-refractivity contribution in [3.05, 3.63) is 36.0 Å². The number of allylic oxidation sites excluding steroid dienone is 1. The SMILES string of the molecule is C=C=C1CCC(C)(C)OC1=C=C. The Morgan fingerprint density at radius 2 is 2.00 bits per heavy atom. The third-order valence-electron chi connectivity index (χ3n) is 2.00. The largest absolute Gasteiger partial charge is 0.479 e. The second-order valence-corrected chi connectivity index (χ2v) is 3.52. The minimum absolute atomic E-state index is 0.0969. The van der Waals surface area contributed by atoms with Crippen LogP contribution in [-0.2, 0) is 4.74 Å². The van der Waals surface area contributed by atoms with E-state index in [2.05, 4.69) is 38.5 Å². The Bertz CT molecular complexity index is 284. The number of hydrogen-bond donors (Lipinski definition) is 0. The third-order valence-corrected chi connectivity index (χ3v) is 2.00. The van der Waals surface area contributed by atoms with Gasteiger partial charge in [-0.1, -0.05) is 18.9 Å². The van der Waals surface area contributed by atoms with Gasteiger partial charge in [0.05, 0.1) is 0 Å². The highest BCUT2D eigenvalue weighted by molar-refractivity contribution is 5.26. The van der Waals surface area contributed by atoms with Crippen LogP contribution in [0.2, 0.25) is 0 Å². The van der Waals surface area contributed by atoms with Crippen LogP contribution in [0.3, 0.4) is 0 Å². The summed E-state index contributed by atoms with van der Waals surface area (Å²) in [5.41, 5.74) is 6.50. The fourth-order valence-electron chi connectivity index (χ4n) is 1.24. The van der Waals surface area contributed by atoms with Gasteiger partial charge in [0.25, 0.3) is 0 Å². The zero-order chi connectivity index (χ0) is 9.19. The molecule has 0 radical (unpaired) electrons. The summed E-state index contributed by atoms with van der Waals surface area (Å²) in [5.74, 6) is 0.709. The summed E-state index contributed by atoms with van der Waals surface area (Å²) in [7, 11) is 0. The molecule has 1 heteroatoms. The van der Waals surface area contributed by atoms with E-state index in [1.165, 1.54) is 0 Å². The average Bonchev–Trinajstić information content (AvgIpc) is 2.03. The van der Waals surface area contributed by atoms with E-state index in [1.54, 1.807) is 0 Å². The van der Waals surface area contributed by atoms with Gasteiger partial charge in [-0.05, 0) is 26.7 Å². The second-order valence-electron chi connectivity index (χ2n) is 3.52. The van der Waals surface area contributed by atoms with Crippen molar-refractivity contribution in [1.82, 2.24) is 0 Å². The molecule has 1 fully saturated rings. The van der Waals surface area contributed by atoms with Crippen molar-refractivity contribution >= 4 is 0 Å². The van der Waals surface area contributed by atoms with Gasteiger partial charge in [-0.25, -0.2) is 0 Å². The summed E-state index contributed by atoms with van der Waals surface area (Å²) in [6.07, 6.45) is 1.95. The van der Waals surface area contributed by atoms with Crippen LogP contribution in [0.1, 0.15) is 26.7 Å². The lowest BCUT2D eigenvalue weighted by molar-refractivity contribution is 0.0162. The van der Waals surface area contributed by atoms with Crippen LogP contribution in [0.15, 0.2) is 36.0 Å². The van der Waals surface area contributed by atoms with Crippen LogP contribution in [0.4, 0.5) is 0 Å². The smallest absolute Gasteiger partial charge is 0.173 e. The molecule has 0 aliphatic carbocycles. The fourth-order valence-corrected chi connectivity index (χ4v) is 1.24. The van der Waals surface area contributed by atoms with Crippen molar-refractivity contribution < 1.29 is 4.74 Å². The normalized spacial score (nSPS) is 20.8. The zero-order valence-corrected chi connectivity index (χ0v) is 7.74. The minimum Gasteiger partial charge on any atom is -0.479 e. The van der Waals surface area contributed by atoms with Gasteiger partial charge in [-0.2, -0.15) is 0 Å². The first-order valence-electron chi connectivity index (χ1n) is 4.07. The molecular weight excluding hydrogens is 148 g/mol. The quantitative estimate of drug-likeness (QED) is 0.497. The lowest BCUT2D eigenvalue weighted by atomic mass is 9.94. The van der Waals surface area contributed by atoms with Gasteiger partial charge >= 0.3 is 0 Å². The summed E-state index contributed by atoms with van der Waals surface area (Å²) in [5, 5.41) is 0. The Hall–Kier alpha value is -1.16. The van der Waals surface area contributed by atoms with Crippen molar-refractivity contribution in [3.8, 4) is 0 Å². The molecule has 1 saturated heterocycles. The number of rotatable bonds is 0. The lowest BCUT2D eigenvalue weighted by Crippen LogP contribution is -2.28. The lowest BCUT2D eigenvalue weighted by Gasteiger charge is -2.32. The van der Waals surface area contributed by atoms with E-state index >= 15 is 0 Å². The first-order valence-corrected chi connectivity index (χ1v) is 4.07. The molecule has 64 valence electrons. The Balaban J connectivity index is 2.96. The summed E-state index contributed by atoms with van der Waals surface area (Å²) in [6, 6.07) is 0. The summed E-state index contributed by atoms with van der Waals surface area (Å²) in [6.45, 7) is 11.3. The Kier molecular flexibility index (Phi) is 2.28. The van der Waals surface area contributed by atoms with Crippen LogP contribution >= 0.6 is 0 Å². The van der Waals surface area contributed by atoms with E-state index < -0.39 is 0 Å². The molecule has 0 spiro atoms. The third kappa shape index (κ3) is 1.71. The van der Waals surface area contributed by atoms with Gasteiger partial charge in [-0.15, -0.1) is 5.73 Å². The van der Waals surface area contributed by atoms with E-state index in [0.29, 0.717) is 5.76 Å². The van der Waals surface area contributed by atoms with Gasteiger partial charge < -0.3 is 4.74 Å². The zero-order valence-electron chi connectivity index (χ0n) is 7.74. The maximum atomic E-state index is 5.63. The highest BCUT2D eigenvalue weighted by atomic mass is 16.5. The van der Waals surface area contributed by atoms with Crippen molar-refractivity contribution in [2.75, 3.05) is 0 Å². The van der Waals surface area contributed by atoms with Gasteiger partial charge in [0.15, 0.2) is 5.76 Å². The predicted octanol–water partition coefficient (Wildman–Crippen LogP) is 2.96. The molecule has 1 aliphatic rings. The molecule has 0 atom stereocenters. The highest BCUT2D eigenvalue weighted by Crippen LogP contribution is 2.32. The van der Waals surface area contributed by atoms with Crippen molar-refractivity contribution in [2.24, 2.45) is 0 Å². The van der Waals surface area contributed by atoms with E-state index in [0.717, 1.165) is 18.4 Å². The average molecular weight is 162 g/mol. The highest BCUT2D eigenvalue weighted by Gasteiger charge is 2.27. The summed E-state index contributed by atoms with van der Waals surface area (Å²) >= 11 is 0. The number of ether oxygens (including phenoxy) is 1. The first-order chi connectivity index (χ1) is 5.59. The van der Waals surface area contributed by atoms with Crippen LogP contribution in [0.5, 0.6) is 0 Å². The monoisotopic (exact) mass is 162 g/mol. The van der Waals surface area contributed by atoms with E-state index in [-0.39, 0.29) is 5.60 Å².